The normalized spacial score (nSPS) is 24.2. The van der Waals surface area contributed by atoms with Gasteiger partial charge in [-0.2, -0.15) is 0 Å². The highest BCUT2D eigenvalue weighted by Crippen LogP contribution is 2.43. The summed E-state index contributed by atoms with van der Waals surface area (Å²) in [6, 6.07) is -0.531. The highest BCUT2D eigenvalue weighted by molar-refractivity contribution is 7.99. The zero-order valence-electron chi connectivity index (χ0n) is 19.1. The minimum atomic E-state index is -1.83. The van der Waals surface area contributed by atoms with Crippen molar-refractivity contribution >= 4 is 26.0 Å². The molecule has 1 saturated heterocycles. The first-order chi connectivity index (χ1) is 13.7. The second-order valence-electron chi connectivity index (χ2n) is 9.70. The standard InChI is InChI=1S/C21H40N4O2SSi/c1-15(2)29(16(3)4,17(5)6)27-13-18-7-9-19(10-8-18)20(23-24-22)21(26)25-11-12-28-14-25/h15-20H,7-14H2,1-6H3/t18?,19?,20-/m0/s1. The van der Waals surface area contributed by atoms with Crippen molar-refractivity contribution in [2.45, 2.75) is 89.9 Å². The van der Waals surface area contributed by atoms with Gasteiger partial charge in [0.2, 0.25) is 5.91 Å². The van der Waals surface area contributed by atoms with Crippen LogP contribution in [0.5, 0.6) is 0 Å². The summed E-state index contributed by atoms with van der Waals surface area (Å²) in [7, 11) is -1.83. The van der Waals surface area contributed by atoms with Gasteiger partial charge in [-0.15, -0.1) is 11.8 Å². The van der Waals surface area contributed by atoms with Crippen molar-refractivity contribution in [3.05, 3.63) is 10.4 Å². The molecule has 0 radical (unpaired) electrons. The molecule has 0 spiro atoms. The van der Waals surface area contributed by atoms with Crippen molar-refractivity contribution in [3.63, 3.8) is 0 Å². The fourth-order valence-electron chi connectivity index (χ4n) is 5.61. The number of hydrogen-bond acceptors (Lipinski definition) is 4. The molecule has 0 unspecified atom stereocenters. The van der Waals surface area contributed by atoms with Crippen LogP contribution in [0, 0.1) is 11.8 Å². The van der Waals surface area contributed by atoms with Gasteiger partial charge in [-0.05, 0) is 59.7 Å². The minimum Gasteiger partial charge on any atom is -0.416 e. The number of carbonyl (C=O) groups is 1. The summed E-state index contributed by atoms with van der Waals surface area (Å²) in [6.45, 7) is 15.6. The summed E-state index contributed by atoms with van der Waals surface area (Å²) >= 11 is 1.77. The van der Waals surface area contributed by atoms with Crippen LogP contribution >= 0.6 is 11.8 Å². The van der Waals surface area contributed by atoms with E-state index in [1.165, 1.54) is 0 Å². The quantitative estimate of drug-likeness (QED) is 0.185. The second-order valence-corrected chi connectivity index (χ2v) is 16.2. The molecule has 8 heteroatoms. The number of amides is 1. The molecule has 1 atom stereocenters. The molecular formula is C21H40N4O2SSi. The molecule has 0 bridgehead atoms. The van der Waals surface area contributed by atoms with Gasteiger partial charge in [0.1, 0.15) is 6.04 Å². The maximum absolute atomic E-state index is 12.8. The Morgan fingerprint density at radius 3 is 2.17 bits per heavy atom. The Hall–Kier alpha value is -0.693. The number of rotatable bonds is 9. The van der Waals surface area contributed by atoms with Gasteiger partial charge in [-0.25, -0.2) is 0 Å². The van der Waals surface area contributed by atoms with E-state index in [-0.39, 0.29) is 11.8 Å². The Kier molecular flexibility index (Phi) is 9.39. The molecule has 2 aliphatic rings. The van der Waals surface area contributed by atoms with Gasteiger partial charge < -0.3 is 9.33 Å². The summed E-state index contributed by atoms with van der Waals surface area (Å²) < 4.78 is 6.80. The Morgan fingerprint density at radius 2 is 1.72 bits per heavy atom. The van der Waals surface area contributed by atoms with Crippen molar-refractivity contribution in [1.82, 2.24) is 4.90 Å². The number of hydrogen-bond donors (Lipinski definition) is 0. The van der Waals surface area contributed by atoms with Crippen LogP contribution in [-0.2, 0) is 9.22 Å². The molecular weight excluding hydrogens is 400 g/mol. The number of azide groups is 1. The lowest BCUT2D eigenvalue weighted by molar-refractivity contribution is -0.132. The largest absolute Gasteiger partial charge is 0.416 e. The van der Waals surface area contributed by atoms with Crippen LogP contribution in [0.25, 0.3) is 10.4 Å². The molecule has 6 nitrogen and oxygen atoms in total. The van der Waals surface area contributed by atoms with Crippen LogP contribution in [0.4, 0.5) is 0 Å². The highest BCUT2D eigenvalue weighted by Gasteiger charge is 2.45. The topological polar surface area (TPSA) is 78.3 Å². The molecule has 0 aromatic carbocycles. The molecule has 0 N–H and O–H groups in total. The third kappa shape index (κ3) is 5.72. The van der Waals surface area contributed by atoms with Crippen molar-refractivity contribution in [2.24, 2.45) is 17.0 Å². The summed E-state index contributed by atoms with van der Waals surface area (Å²) in [5.41, 5.74) is 10.8. The third-order valence-corrected chi connectivity index (χ3v) is 14.2. The van der Waals surface area contributed by atoms with Gasteiger partial charge in [0.15, 0.2) is 8.32 Å². The maximum Gasteiger partial charge on any atom is 0.232 e. The second kappa shape index (κ2) is 11.1. The molecule has 1 amide bonds. The lowest BCUT2D eigenvalue weighted by atomic mass is 9.78. The van der Waals surface area contributed by atoms with Gasteiger partial charge in [0.25, 0.3) is 0 Å². The maximum atomic E-state index is 12.8. The Labute approximate surface area is 182 Å². The monoisotopic (exact) mass is 440 g/mol. The lowest BCUT2D eigenvalue weighted by Gasteiger charge is -2.43. The summed E-state index contributed by atoms with van der Waals surface area (Å²) in [4.78, 5) is 17.7. The van der Waals surface area contributed by atoms with Gasteiger partial charge in [-0.1, -0.05) is 46.7 Å². The molecule has 1 aliphatic carbocycles. The highest BCUT2D eigenvalue weighted by atomic mass is 32.2. The van der Waals surface area contributed by atoms with Crippen LogP contribution in [0.3, 0.4) is 0 Å². The minimum absolute atomic E-state index is 0.0262. The first-order valence-electron chi connectivity index (χ1n) is 11.3. The van der Waals surface area contributed by atoms with E-state index >= 15 is 0 Å². The zero-order valence-corrected chi connectivity index (χ0v) is 21.0. The number of nitrogens with zero attached hydrogens (tertiary/aromatic N) is 4. The van der Waals surface area contributed by atoms with Crippen LogP contribution in [0.1, 0.15) is 67.2 Å². The Morgan fingerprint density at radius 1 is 1.14 bits per heavy atom. The Balaban J connectivity index is 1.95. The summed E-state index contributed by atoms with van der Waals surface area (Å²) in [6.07, 6.45) is 4.01. The molecule has 29 heavy (non-hydrogen) atoms. The third-order valence-electron chi connectivity index (χ3n) is 7.11. The average molecular weight is 441 g/mol. The van der Waals surface area contributed by atoms with Crippen LogP contribution in [0.2, 0.25) is 16.6 Å². The van der Waals surface area contributed by atoms with Gasteiger partial charge in [0.05, 0.1) is 5.88 Å². The molecule has 1 aliphatic heterocycles. The van der Waals surface area contributed by atoms with Crippen molar-refractivity contribution in [1.29, 1.82) is 0 Å². The molecule has 0 aromatic rings. The fraction of sp³-hybridized carbons (Fsp3) is 0.952. The van der Waals surface area contributed by atoms with Gasteiger partial charge >= 0.3 is 0 Å². The summed E-state index contributed by atoms with van der Waals surface area (Å²) in [5.74, 6) is 2.46. The Bertz CT molecular complexity index is 559. The molecule has 0 aromatic heterocycles. The lowest BCUT2D eigenvalue weighted by Crippen LogP contribution is -2.49. The van der Waals surface area contributed by atoms with Gasteiger partial charge in [0, 0.05) is 23.8 Å². The zero-order chi connectivity index (χ0) is 21.6. The van der Waals surface area contributed by atoms with E-state index in [0.717, 1.165) is 50.5 Å². The molecule has 166 valence electrons. The van der Waals surface area contributed by atoms with E-state index < -0.39 is 14.4 Å². The predicted molar refractivity (Wildman–Crippen MR) is 124 cm³/mol. The van der Waals surface area contributed by atoms with E-state index in [2.05, 4.69) is 51.6 Å². The van der Waals surface area contributed by atoms with Crippen molar-refractivity contribution in [2.75, 3.05) is 24.8 Å². The SMILES string of the molecule is CC(C)[Si](OCC1CCC([C@H](N=[N+]=[N-])C(=O)N2CCSC2)CC1)(C(C)C)C(C)C. The first kappa shape index (κ1) is 24.6. The van der Waals surface area contributed by atoms with Crippen LogP contribution < -0.4 is 0 Å². The van der Waals surface area contributed by atoms with E-state index in [1.807, 2.05) is 4.90 Å². The van der Waals surface area contributed by atoms with E-state index in [9.17, 15) is 4.79 Å². The van der Waals surface area contributed by atoms with Gasteiger partial charge in [-0.3, -0.25) is 4.79 Å². The molecule has 1 heterocycles. The van der Waals surface area contributed by atoms with Crippen LogP contribution in [0.15, 0.2) is 5.11 Å². The van der Waals surface area contributed by atoms with E-state index in [4.69, 9.17) is 9.96 Å². The van der Waals surface area contributed by atoms with E-state index in [1.54, 1.807) is 11.8 Å². The number of carbonyl (C=O) groups excluding carboxylic acids is 1. The van der Waals surface area contributed by atoms with Crippen molar-refractivity contribution < 1.29 is 9.22 Å². The molecule has 1 saturated carbocycles. The average Bonchev–Trinajstić information content (AvgIpc) is 3.20. The number of thioether (sulfide) groups is 1. The fourth-order valence-corrected chi connectivity index (χ4v) is 12.1. The molecule has 2 fully saturated rings. The van der Waals surface area contributed by atoms with Crippen LogP contribution in [-0.4, -0.2) is 49.9 Å². The van der Waals surface area contributed by atoms with Crippen molar-refractivity contribution in [3.8, 4) is 0 Å². The summed E-state index contributed by atoms with van der Waals surface area (Å²) in [5, 5.41) is 3.93. The van der Waals surface area contributed by atoms with E-state index in [0.29, 0.717) is 22.5 Å². The molecule has 2 rings (SSSR count). The predicted octanol–water partition coefficient (Wildman–Crippen LogP) is 6.20. The smallest absolute Gasteiger partial charge is 0.232 e. The first-order valence-corrected chi connectivity index (χ1v) is 14.6.